The first-order valence-corrected chi connectivity index (χ1v) is 4.38. The highest BCUT2D eigenvalue weighted by atomic mass is 35.5. The summed E-state index contributed by atoms with van der Waals surface area (Å²) in [4.78, 5) is 13.8. The topological polar surface area (TPSA) is 32.9 Å². The molecule has 0 saturated carbocycles. The van der Waals surface area contributed by atoms with Gasteiger partial charge in [0.15, 0.2) is 0 Å². The maximum atomic E-state index is 10.7. The third kappa shape index (κ3) is 1.58. The summed E-state index contributed by atoms with van der Waals surface area (Å²) in [5.41, 5.74) is 2.01. The minimum absolute atomic E-state index is 0.288. The van der Waals surface area contributed by atoms with Crippen molar-refractivity contribution in [3.05, 3.63) is 36.0 Å². The van der Waals surface area contributed by atoms with Gasteiger partial charge in [-0.05, 0) is 29.3 Å². The van der Waals surface area contributed by atoms with E-state index in [-0.39, 0.29) is 11.7 Å². The number of rotatable bonds is 2. The van der Waals surface area contributed by atoms with E-state index in [1.54, 1.807) is 0 Å². The molecule has 2 nitrogen and oxygen atoms in total. The molecule has 0 amide bonds. The largest absolute Gasteiger partial charge is 0.361 e. The number of hydrogen-bond donors (Lipinski definition) is 1. The van der Waals surface area contributed by atoms with Crippen LogP contribution in [0, 0.1) is 0 Å². The zero-order valence-corrected chi connectivity index (χ0v) is 7.64. The highest BCUT2D eigenvalue weighted by Gasteiger charge is 2.04. The van der Waals surface area contributed by atoms with Crippen molar-refractivity contribution in [1.29, 1.82) is 0 Å². The summed E-state index contributed by atoms with van der Waals surface area (Å²) in [5, 5.41) is 0.741. The lowest BCUT2D eigenvalue weighted by Crippen LogP contribution is -1.93. The molecular formula is C10H8ClNO. The highest BCUT2D eigenvalue weighted by Crippen LogP contribution is 2.18. The van der Waals surface area contributed by atoms with Crippen LogP contribution in [-0.2, 0) is 11.2 Å². The molecule has 66 valence electrons. The van der Waals surface area contributed by atoms with Crippen molar-refractivity contribution in [2.45, 2.75) is 6.42 Å². The number of benzene rings is 1. The molecule has 2 rings (SSSR count). The van der Waals surface area contributed by atoms with Gasteiger partial charge in [0.2, 0.25) is 5.24 Å². The Bertz CT molecular complexity index is 447. The van der Waals surface area contributed by atoms with Gasteiger partial charge in [0.25, 0.3) is 0 Å². The predicted molar refractivity (Wildman–Crippen MR) is 52.9 cm³/mol. The average Bonchev–Trinajstić information content (AvgIpc) is 2.51. The van der Waals surface area contributed by atoms with E-state index in [2.05, 4.69) is 4.98 Å². The number of H-pyrrole nitrogens is 1. The Morgan fingerprint density at radius 1 is 1.38 bits per heavy atom. The summed E-state index contributed by atoms with van der Waals surface area (Å²) in [6.45, 7) is 0. The molecule has 0 aliphatic rings. The van der Waals surface area contributed by atoms with Gasteiger partial charge in [-0.15, -0.1) is 0 Å². The van der Waals surface area contributed by atoms with Crippen LogP contribution in [0.25, 0.3) is 10.9 Å². The number of aromatic amines is 1. The van der Waals surface area contributed by atoms with Gasteiger partial charge in [0.05, 0.1) is 0 Å². The van der Waals surface area contributed by atoms with Crippen LogP contribution in [0.2, 0.25) is 0 Å². The van der Waals surface area contributed by atoms with Gasteiger partial charge in [0.1, 0.15) is 0 Å². The van der Waals surface area contributed by atoms with E-state index in [1.165, 1.54) is 0 Å². The Morgan fingerprint density at radius 2 is 2.23 bits per heavy atom. The van der Waals surface area contributed by atoms with E-state index < -0.39 is 0 Å². The number of nitrogens with one attached hydrogen (secondary N) is 1. The monoisotopic (exact) mass is 193 g/mol. The Kier molecular flexibility index (Phi) is 2.07. The first kappa shape index (κ1) is 8.32. The molecule has 13 heavy (non-hydrogen) atoms. The molecule has 0 bridgehead atoms. The van der Waals surface area contributed by atoms with Gasteiger partial charge < -0.3 is 4.98 Å². The lowest BCUT2D eigenvalue weighted by molar-refractivity contribution is -0.111. The maximum Gasteiger partial charge on any atom is 0.226 e. The molecule has 1 heterocycles. The van der Waals surface area contributed by atoms with E-state index in [0.717, 1.165) is 16.5 Å². The van der Waals surface area contributed by atoms with E-state index >= 15 is 0 Å². The second kappa shape index (κ2) is 3.23. The standard InChI is InChI=1S/C10H8ClNO/c11-10(13)6-7-2-1-3-9-8(7)4-5-12-9/h1-5,12H,6H2. The number of hydrogen-bond acceptors (Lipinski definition) is 1. The summed E-state index contributed by atoms with van der Waals surface area (Å²) >= 11 is 5.33. The van der Waals surface area contributed by atoms with Crippen molar-refractivity contribution in [2.24, 2.45) is 0 Å². The van der Waals surface area contributed by atoms with Crippen LogP contribution in [0.5, 0.6) is 0 Å². The maximum absolute atomic E-state index is 10.7. The summed E-state index contributed by atoms with van der Waals surface area (Å²) in [7, 11) is 0. The highest BCUT2D eigenvalue weighted by molar-refractivity contribution is 6.63. The molecule has 0 aliphatic carbocycles. The SMILES string of the molecule is O=C(Cl)Cc1cccc2[nH]ccc12. The Balaban J connectivity index is 2.54. The van der Waals surface area contributed by atoms with Crippen molar-refractivity contribution in [2.75, 3.05) is 0 Å². The number of aromatic nitrogens is 1. The van der Waals surface area contributed by atoms with Crippen LogP contribution in [0.4, 0.5) is 0 Å². The fraction of sp³-hybridized carbons (Fsp3) is 0.100. The van der Waals surface area contributed by atoms with Crippen molar-refractivity contribution in [3.63, 3.8) is 0 Å². The van der Waals surface area contributed by atoms with Crippen LogP contribution >= 0.6 is 11.6 Å². The van der Waals surface area contributed by atoms with Crippen molar-refractivity contribution in [3.8, 4) is 0 Å². The fourth-order valence-electron chi connectivity index (χ4n) is 1.45. The molecule has 0 unspecified atom stereocenters. The third-order valence-corrected chi connectivity index (χ3v) is 2.15. The summed E-state index contributed by atoms with van der Waals surface area (Å²) in [6.07, 6.45) is 2.14. The van der Waals surface area contributed by atoms with E-state index in [0.29, 0.717) is 0 Å². The molecule has 0 saturated heterocycles. The molecule has 1 aromatic heterocycles. The van der Waals surface area contributed by atoms with Gasteiger partial charge in [0, 0.05) is 23.5 Å². The van der Waals surface area contributed by atoms with Gasteiger partial charge >= 0.3 is 0 Å². The summed E-state index contributed by atoms with van der Waals surface area (Å²) in [6, 6.07) is 7.74. The van der Waals surface area contributed by atoms with E-state index in [1.807, 2.05) is 30.5 Å². The molecule has 1 N–H and O–H groups in total. The summed E-state index contributed by atoms with van der Waals surface area (Å²) < 4.78 is 0. The normalized spacial score (nSPS) is 10.5. The van der Waals surface area contributed by atoms with Gasteiger partial charge in [-0.1, -0.05) is 12.1 Å². The Hall–Kier alpha value is -1.28. The average molecular weight is 194 g/mol. The zero-order valence-electron chi connectivity index (χ0n) is 6.88. The van der Waals surface area contributed by atoms with Gasteiger partial charge in [-0.25, -0.2) is 0 Å². The smallest absolute Gasteiger partial charge is 0.226 e. The van der Waals surface area contributed by atoms with Crippen molar-refractivity contribution >= 4 is 27.7 Å². The van der Waals surface area contributed by atoms with Crippen LogP contribution in [0.15, 0.2) is 30.5 Å². The van der Waals surface area contributed by atoms with Crippen LogP contribution in [-0.4, -0.2) is 10.2 Å². The third-order valence-electron chi connectivity index (χ3n) is 2.01. The minimum Gasteiger partial charge on any atom is -0.361 e. The van der Waals surface area contributed by atoms with Crippen molar-refractivity contribution in [1.82, 2.24) is 4.98 Å². The van der Waals surface area contributed by atoms with Gasteiger partial charge in [-0.2, -0.15) is 0 Å². The predicted octanol–water partition coefficient (Wildman–Crippen LogP) is 2.48. The quantitative estimate of drug-likeness (QED) is 0.731. The lowest BCUT2D eigenvalue weighted by Gasteiger charge is -1.98. The van der Waals surface area contributed by atoms with Crippen molar-refractivity contribution < 1.29 is 4.79 Å². The number of halogens is 1. The molecule has 0 spiro atoms. The van der Waals surface area contributed by atoms with E-state index in [4.69, 9.17) is 11.6 Å². The minimum atomic E-state index is -0.325. The molecular weight excluding hydrogens is 186 g/mol. The second-order valence-corrected chi connectivity index (χ2v) is 3.31. The van der Waals surface area contributed by atoms with E-state index in [9.17, 15) is 4.79 Å². The lowest BCUT2D eigenvalue weighted by atomic mass is 10.1. The number of carbonyl (C=O) groups is 1. The first-order valence-electron chi connectivity index (χ1n) is 4.00. The number of fused-ring (bicyclic) bond motifs is 1. The molecule has 2 aromatic rings. The van der Waals surface area contributed by atoms with Crippen LogP contribution < -0.4 is 0 Å². The first-order chi connectivity index (χ1) is 6.27. The molecule has 0 atom stereocenters. The summed E-state index contributed by atoms with van der Waals surface area (Å²) in [5.74, 6) is 0. The molecule has 3 heteroatoms. The molecule has 1 aromatic carbocycles. The molecule has 0 aliphatic heterocycles. The molecule has 0 fully saturated rings. The van der Waals surface area contributed by atoms with Gasteiger partial charge in [-0.3, -0.25) is 4.79 Å². The number of carbonyl (C=O) groups excluding carboxylic acids is 1. The zero-order chi connectivity index (χ0) is 9.26. The van der Waals surface area contributed by atoms with Crippen LogP contribution in [0.1, 0.15) is 5.56 Å². The Morgan fingerprint density at radius 3 is 3.00 bits per heavy atom. The Labute approximate surface area is 80.5 Å². The van der Waals surface area contributed by atoms with Crippen LogP contribution in [0.3, 0.4) is 0 Å². The molecule has 0 radical (unpaired) electrons. The second-order valence-electron chi connectivity index (χ2n) is 2.89. The fourth-order valence-corrected chi connectivity index (χ4v) is 1.60.